The number of aliphatic carboxylic acids is 1. The van der Waals surface area contributed by atoms with Crippen molar-refractivity contribution >= 4 is 27.2 Å². The number of carboxylic acids is 1. The Bertz CT molecular complexity index is 478. The normalized spacial score (nSPS) is 13.8. The van der Waals surface area contributed by atoms with Crippen LogP contribution in [-0.4, -0.2) is 66.7 Å². The molecule has 0 saturated heterocycles. The van der Waals surface area contributed by atoms with Crippen LogP contribution in [0.4, 0.5) is 4.79 Å². The third-order valence-electron chi connectivity index (χ3n) is 2.66. The molecule has 0 aromatic heterocycles. The van der Waals surface area contributed by atoms with E-state index in [1.54, 1.807) is 0 Å². The number of hydrogen-bond acceptors (Lipinski definition) is 5. The molecule has 12 nitrogen and oxygen atoms in total. The SMILES string of the molecule is NC(=O)NCCCC[C@@H](C(=O)O)N(CP(=O)(O)O)CP(=O)(O)O. The Balaban J connectivity index is 4.86. The van der Waals surface area contributed by atoms with Crippen molar-refractivity contribution in [3.63, 3.8) is 0 Å². The number of carboxylic acid groups (broad SMARTS) is 1. The van der Waals surface area contributed by atoms with Gasteiger partial charge in [0, 0.05) is 6.54 Å². The van der Waals surface area contributed by atoms with Gasteiger partial charge in [-0.3, -0.25) is 18.8 Å². The molecule has 0 fully saturated rings. The first-order chi connectivity index (χ1) is 10.3. The van der Waals surface area contributed by atoms with Crippen molar-refractivity contribution in [2.75, 3.05) is 19.1 Å². The Kier molecular flexibility index (Phi) is 8.93. The van der Waals surface area contributed by atoms with Crippen LogP contribution in [0.1, 0.15) is 19.3 Å². The molecule has 0 unspecified atom stereocenters. The smallest absolute Gasteiger partial charge is 0.339 e. The average Bonchev–Trinajstić information content (AvgIpc) is 2.28. The number of carbonyl (C=O) groups excluding carboxylic acids is 1. The maximum Gasteiger partial charge on any atom is 0.339 e. The average molecular weight is 377 g/mol. The molecule has 2 amide bonds. The molecular weight excluding hydrogens is 356 g/mol. The number of nitrogens with one attached hydrogen (secondary N) is 1. The summed E-state index contributed by atoms with van der Waals surface area (Å²) >= 11 is 0. The highest BCUT2D eigenvalue weighted by Crippen LogP contribution is 2.42. The van der Waals surface area contributed by atoms with Crippen molar-refractivity contribution in [3.8, 4) is 0 Å². The summed E-state index contributed by atoms with van der Waals surface area (Å²) in [4.78, 5) is 58.1. The molecule has 0 radical (unpaired) electrons. The predicted molar refractivity (Wildman–Crippen MR) is 78.5 cm³/mol. The number of hydrogen-bond donors (Lipinski definition) is 7. The lowest BCUT2D eigenvalue weighted by molar-refractivity contribution is -0.143. The van der Waals surface area contributed by atoms with Crippen molar-refractivity contribution in [3.05, 3.63) is 0 Å². The van der Waals surface area contributed by atoms with E-state index in [0.29, 0.717) is 11.3 Å². The molecule has 0 aliphatic carbocycles. The summed E-state index contributed by atoms with van der Waals surface area (Å²) in [6.45, 7) is 0.179. The van der Waals surface area contributed by atoms with Crippen LogP contribution in [0.3, 0.4) is 0 Å². The Labute approximate surface area is 132 Å². The van der Waals surface area contributed by atoms with Crippen molar-refractivity contribution < 1.29 is 43.4 Å². The van der Waals surface area contributed by atoms with E-state index < -0.39 is 45.8 Å². The molecule has 0 spiro atoms. The second-order valence-electron chi connectivity index (χ2n) is 4.84. The molecular formula is C9H21N3O9P2. The number of amides is 2. The van der Waals surface area contributed by atoms with Crippen LogP contribution in [0.2, 0.25) is 0 Å². The fraction of sp³-hybridized carbons (Fsp3) is 0.778. The summed E-state index contributed by atoms with van der Waals surface area (Å²) in [6.07, 6.45) is -1.72. The lowest BCUT2D eigenvalue weighted by Gasteiger charge is -2.29. The van der Waals surface area contributed by atoms with Gasteiger partial charge in [-0.2, -0.15) is 0 Å². The van der Waals surface area contributed by atoms with Crippen molar-refractivity contribution in [1.82, 2.24) is 10.2 Å². The van der Waals surface area contributed by atoms with Gasteiger partial charge in [-0.05, 0) is 19.3 Å². The van der Waals surface area contributed by atoms with Crippen LogP contribution in [-0.2, 0) is 13.9 Å². The van der Waals surface area contributed by atoms with Gasteiger partial charge in [-0.1, -0.05) is 0 Å². The van der Waals surface area contributed by atoms with Gasteiger partial charge in [0.05, 0.1) is 0 Å². The van der Waals surface area contributed by atoms with E-state index in [0.717, 1.165) is 0 Å². The zero-order chi connectivity index (χ0) is 18.3. The second-order valence-corrected chi connectivity index (χ2v) is 8.07. The molecule has 0 aliphatic heterocycles. The minimum Gasteiger partial charge on any atom is -0.480 e. The van der Waals surface area contributed by atoms with Crippen molar-refractivity contribution in [2.24, 2.45) is 5.73 Å². The number of rotatable bonds is 11. The molecule has 23 heavy (non-hydrogen) atoms. The third kappa shape index (κ3) is 12.1. The maximum absolute atomic E-state index is 11.2. The van der Waals surface area contributed by atoms with Crippen LogP contribution < -0.4 is 11.1 Å². The number of urea groups is 1. The van der Waals surface area contributed by atoms with Gasteiger partial charge in [0.2, 0.25) is 0 Å². The lowest BCUT2D eigenvalue weighted by Crippen LogP contribution is -2.42. The fourth-order valence-corrected chi connectivity index (χ4v) is 3.55. The van der Waals surface area contributed by atoms with Gasteiger partial charge in [0.25, 0.3) is 0 Å². The number of nitrogens with two attached hydrogens (primary N) is 1. The molecule has 0 aromatic rings. The summed E-state index contributed by atoms with van der Waals surface area (Å²) in [6, 6.07) is -2.23. The Morgan fingerprint density at radius 3 is 1.87 bits per heavy atom. The van der Waals surface area contributed by atoms with E-state index in [1.165, 1.54) is 0 Å². The molecule has 8 N–H and O–H groups in total. The van der Waals surface area contributed by atoms with Gasteiger partial charge in [-0.25, -0.2) is 4.79 Å². The first-order valence-corrected chi connectivity index (χ1v) is 10.0. The molecule has 0 heterocycles. The molecule has 0 saturated carbocycles. The molecule has 0 bridgehead atoms. The highest BCUT2D eigenvalue weighted by molar-refractivity contribution is 7.52. The lowest BCUT2D eigenvalue weighted by atomic mass is 10.1. The van der Waals surface area contributed by atoms with E-state index in [1.807, 2.05) is 0 Å². The minimum absolute atomic E-state index is 0.115. The van der Waals surface area contributed by atoms with E-state index in [4.69, 9.17) is 30.4 Å². The summed E-state index contributed by atoms with van der Waals surface area (Å²) in [5.41, 5.74) is 4.84. The largest absolute Gasteiger partial charge is 0.480 e. The Morgan fingerprint density at radius 1 is 1.04 bits per heavy atom. The first kappa shape index (κ1) is 22.0. The Hall–Kier alpha value is -1.00. The summed E-state index contributed by atoms with van der Waals surface area (Å²) in [5, 5.41) is 11.4. The van der Waals surface area contributed by atoms with Gasteiger partial charge in [-0.15, -0.1) is 0 Å². The van der Waals surface area contributed by atoms with E-state index in [-0.39, 0.29) is 19.4 Å². The molecule has 1 atom stereocenters. The highest BCUT2D eigenvalue weighted by Gasteiger charge is 2.34. The van der Waals surface area contributed by atoms with Gasteiger partial charge in [0.1, 0.15) is 18.6 Å². The summed E-state index contributed by atoms with van der Waals surface area (Å²) < 4.78 is 22.1. The van der Waals surface area contributed by atoms with Crippen LogP contribution in [0.15, 0.2) is 0 Å². The standard InChI is InChI=1S/C9H21N3O9P2/c10-9(15)11-4-2-1-3-7(8(13)14)12(5-22(16,17)18)6-23(19,20)21/h7H,1-6H2,(H,13,14)(H3,10,11,15)(H2,16,17,18)(H2,19,20,21)/t7-/m0/s1. The van der Waals surface area contributed by atoms with Crippen LogP contribution in [0, 0.1) is 0 Å². The van der Waals surface area contributed by atoms with Crippen molar-refractivity contribution in [2.45, 2.75) is 25.3 Å². The molecule has 0 aliphatic rings. The number of carbonyl (C=O) groups is 2. The highest BCUT2D eigenvalue weighted by atomic mass is 31.2. The molecule has 136 valence electrons. The van der Waals surface area contributed by atoms with Crippen molar-refractivity contribution in [1.29, 1.82) is 0 Å². The van der Waals surface area contributed by atoms with Crippen LogP contribution in [0.25, 0.3) is 0 Å². The fourth-order valence-electron chi connectivity index (χ4n) is 1.85. The maximum atomic E-state index is 11.2. The van der Waals surface area contributed by atoms with E-state index in [2.05, 4.69) is 5.32 Å². The zero-order valence-corrected chi connectivity index (χ0v) is 13.9. The summed E-state index contributed by atoms with van der Waals surface area (Å²) in [5.74, 6) is -1.46. The monoisotopic (exact) mass is 377 g/mol. The molecule has 0 rings (SSSR count). The number of unbranched alkanes of at least 4 members (excludes halogenated alkanes) is 1. The van der Waals surface area contributed by atoms with Gasteiger partial charge < -0.3 is 35.7 Å². The van der Waals surface area contributed by atoms with Gasteiger partial charge in [0.15, 0.2) is 0 Å². The first-order valence-electron chi connectivity index (χ1n) is 6.41. The van der Waals surface area contributed by atoms with Crippen LogP contribution in [0.5, 0.6) is 0 Å². The summed E-state index contributed by atoms with van der Waals surface area (Å²) in [7, 11) is -9.43. The van der Waals surface area contributed by atoms with E-state index in [9.17, 15) is 18.7 Å². The predicted octanol–water partition coefficient (Wildman–Crippen LogP) is -1.15. The third-order valence-corrected chi connectivity index (χ3v) is 4.12. The quantitative estimate of drug-likeness (QED) is 0.170. The molecule has 0 aromatic carbocycles. The van der Waals surface area contributed by atoms with E-state index >= 15 is 0 Å². The molecule has 14 heteroatoms. The topological polar surface area (TPSA) is 211 Å². The second kappa shape index (κ2) is 9.33. The van der Waals surface area contributed by atoms with Crippen LogP contribution >= 0.6 is 15.2 Å². The number of nitrogens with zero attached hydrogens (tertiary/aromatic N) is 1. The zero-order valence-electron chi connectivity index (χ0n) is 12.1. The number of primary amides is 1. The van der Waals surface area contributed by atoms with Gasteiger partial charge >= 0.3 is 27.2 Å². The minimum atomic E-state index is -4.71. The Morgan fingerprint density at radius 2 is 1.52 bits per heavy atom.